The summed E-state index contributed by atoms with van der Waals surface area (Å²) in [4.78, 5) is 26.5. The molecule has 0 aliphatic heterocycles. The van der Waals surface area contributed by atoms with E-state index in [0.29, 0.717) is 42.2 Å². The lowest BCUT2D eigenvalue weighted by Gasteiger charge is -2.34. The Morgan fingerprint density at radius 1 is 1.03 bits per heavy atom. The Bertz CT molecular complexity index is 710. The number of amides is 2. The first-order valence-electron chi connectivity index (χ1n) is 11.0. The van der Waals surface area contributed by atoms with Crippen molar-refractivity contribution in [3.05, 3.63) is 18.2 Å². The summed E-state index contributed by atoms with van der Waals surface area (Å²) in [5.41, 5.74) is 0.634. The maximum absolute atomic E-state index is 12.4. The van der Waals surface area contributed by atoms with E-state index in [1.807, 2.05) is 13.8 Å². The van der Waals surface area contributed by atoms with E-state index in [1.165, 1.54) is 6.42 Å². The van der Waals surface area contributed by atoms with Crippen molar-refractivity contribution in [3.63, 3.8) is 0 Å². The maximum atomic E-state index is 12.4. The molecule has 0 bridgehead atoms. The second-order valence-electron chi connectivity index (χ2n) is 8.19. The number of nitrogens with zero attached hydrogens (tertiary/aromatic N) is 1. The molecule has 0 aromatic heterocycles. The second kappa shape index (κ2) is 11.8. The number of anilines is 1. The highest BCUT2D eigenvalue weighted by molar-refractivity contribution is 5.93. The summed E-state index contributed by atoms with van der Waals surface area (Å²) < 4.78 is 11.1. The molecular weight excluding hydrogens is 382 g/mol. The average molecular weight is 420 g/mol. The summed E-state index contributed by atoms with van der Waals surface area (Å²) in [7, 11) is 1.77. The summed E-state index contributed by atoms with van der Waals surface area (Å²) in [5.74, 6) is 2.14. The molecule has 3 atom stereocenters. The Hall–Kier alpha value is -2.28. The highest BCUT2D eigenvalue weighted by atomic mass is 16.5. The van der Waals surface area contributed by atoms with E-state index in [0.717, 1.165) is 12.8 Å². The van der Waals surface area contributed by atoms with Gasteiger partial charge in [-0.1, -0.05) is 26.7 Å². The molecule has 30 heavy (non-hydrogen) atoms. The Labute approximate surface area is 180 Å². The zero-order valence-electron chi connectivity index (χ0n) is 19.0. The third-order valence-electron chi connectivity index (χ3n) is 5.71. The molecule has 2 N–H and O–H groups in total. The number of hydrogen-bond donors (Lipinski definition) is 2. The minimum Gasteiger partial charge on any atom is -0.490 e. The lowest BCUT2D eigenvalue weighted by molar-refractivity contribution is -0.124. The largest absolute Gasteiger partial charge is 0.490 e. The van der Waals surface area contributed by atoms with E-state index in [9.17, 15) is 9.59 Å². The average Bonchev–Trinajstić information content (AvgIpc) is 2.67. The lowest BCUT2D eigenvalue weighted by atomic mass is 9.78. The number of carbonyl (C=O) groups excluding carboxylic acids is 2. The van der Waals surface area contributed by atoms with Crippen LogP contribution in [0.1, 0.15) is 47.0 Å². The van der Waals surface area contributed by atoms with Gasteiger partial charge in [-0.05, 0) is 51.3 Å². The molecule has 1 saturated carbocycles. The van der Waals surface area contributed by atoms with Crippen molar-refractivity contribution >= 4 is 17.5 Å². The molecule has 0 heterocycles. The number of carbonyl (C=O) groups is 2. The van der Waals surface area contributed by atoms with Crippen LogP contribution in [0.2, 0.25) is 0 Å². The van der Waals surface area contributed by atoms with Gasteiger partial charge >= 0.3 is 0 Å². The molecule has 1 aliphatic carbocycles. The number of rotatable bonds is 10. The van der Waals surface area contributed by atoms with Crippen molar-refractivity contribution in [2.45, 2.75) is 53.0 Å². The van der Waals surface area contributed by atoms with E-state index in [-0.39, 0.29) is 30.9 Å². The first kappa shape index (κ1) is 24.0. The molecular formula is C23H37N3O4. The van der Waals surface area contributed by atoms with Crippen LogP contribution in [-0.4, -0.2) is 56.1 Å². The van der Waals surface area contributed by atoms with Gasteiger partial charge in [0.15, 0.2) is 11.5 Å². The van der Waals surface area contributed by atoms with Gasteiger partial charge in [-0.2, -0.15) is 0 Å². The normalized spacial score (nSPS) is 21.2. The van der Waals surface area contributed by atoms with Crippen LogP contribution in [0, 0.1) is 11.8 Å². The van der Waals surface area contributed by atoms with Crippen molar-refractivity contribution in [2.24, 2.45) is 11.8 Å². The minimum absolute atomic E-state index is 0.0315. The Morgan fingerprint density at radius 3 is 2.40 bits per heavy atom. The fourth-order valence-corrected chi connectivity index (χ4v) is 3.91. The molecule has 0 spiro atoms. The van der Waals surface area contributed by atoms with Crippen LogP contribution in [0.4, 0.5) is 5.69 Å². The predicted octanol–water partition coefficient (Wildman–Crippen LogP) is 3.30. The number of benzene rings is 1. The van der Waals surface area contributed by atoms with Crippen LogP contribution in [0.25, 0.3) is 0 Å². The van der Waals surface area contributed by atoms with Crippen LogP contribution >= 0.6 is 0 Å². The Balaban J connectivity index is 1.84. The standard InChI is InChI=1S/C23H37N3O4/c1-6-29-20-12-11-18(13-21(20)30-7-2)24-22(27)14-26(5)15-23(28)25-19-10-8-9-16(3)17(19)4/h11-13,16-17,19H,6-10,14-15H2,1-5H3,(H,24,27)(H,25,28)/t16-,17+,19+/m0/s1. The van der Waals surface area contributed by atoms with Crippen molar-refractivity contribution in [3.8, 4) is 11.5 Å². The van der Waals surface area contributed by atoms with Crippen molar-refractivity contribution in [1.82, 2.24) is 10.2 Å². The number of likely N-dealkylation sites (N-methyl/N-ethyl adjacent to an activating group) is 1. The van der Waals surface area contributed by atoms with Gasteiger partial charge in [0, 0.05) is 17.8 Å². The Morgan fingerprint density at radius 2 is 1.70 bits per heavy atom. The lowest BCUT2D eigenvalue weighted by Crippen LogP contribution is -2.47. The van der Waals surface area contributed by atoms with Crippen molar-refractivity contribution in [1.29, 1.82) is 0 Å². The van der Waals surface area contributed by atoms with E-state index in [4.69, 9.17) is 9.47 Å². The highest BCUT2D eigenvalue weighted by Crippen LogP contribution is 2.31. The quantitative estimate of drug-likeness (QED) is 0.608. The molecule has 1 aromatic rings. The van der Waals surface area contributed by atoms with Crippen LogP contribution in [0.3, 0.4) is 0 Å². The summed E-state index contributed by atoms with van der Waals surface area (Å²) in [5, 5.41) is 6.01. The molecule has 7 nitrogen and oxygen atoms in total. The molecule has 0 saturated heterocycles. The van der Waals surface area contributed by atoms with Gasteiger partial charge in [0.05, 0.1) is 26.3 Å². The molecule has 1 aliphatic rings. The minimum atomic E-state index is -0.184. The monoisotopic (exact) mass is 419 g/mol. The molecule has 1 aromatic carbocycles. The molecule has 2 rings (SSSR count). The molecule has 0 unspecified atom stereocenters. The van der Waals surface area contributed by atoms with Gasteiger partial charge in [-0.25, -0.2) is 0 Å². The van der Waals surface area contributed by atoms with Gasteiger partial charge in [-0.15, -0.1) is 0 Å². The van der Waals surface area contributed by atoms with Gasteiger partial charge in [0.25, 0.3) is 0 Å². The molecule has 168 valence electrons. The zero-order valence-corrected chi connectivity index (χ0v) is 19.0. The number of ether oxygens (including phenoxy) is 2. The van der Waals surface area contributed by atoms with E-state index in [1.54, 1.807) is 30.1 Å². The van der Waals surface area contributed by atoms with Gasteiger partial charge < -0.3 is 20.1 Å². The molecule has 1 fully saturated rings. The van der Waals surface area contributed by atoms with Gasteiger partial charge in [0.2, 0.25) is 11.8 Å². The third kappa shape index (κ3) is 7.20. The SMILES string of the molecule is CCOc1ccc(NC(=O)CN(C)CC(=O)N[C@@H]2CCC[C@H](C)[C@H]2C)cc1OCC. The van der Waals surface area contributed by atoms with E-state index >= 15 is 0 Å². The van der Waals surface area contributed by atoms with Crippen molar-refractivity contribution < 1.29 is 19.1 Å². The smallest absolute Gasteiger partial charge is 0.238 e. The first-order valence-corrected chi connectivity index (χ1v) is 11.0. The van der Waals surface area contributed by atoms with Gasteiger partial charge in [-0.3, -0.25) is 14.5 Å². The Kier molecular flexibility index (Phi) is 9.43. The van der Waals surface area contributed by atoms with Crippen LogP contribution in [0.5, 0.6) is 11.5 Å². The van der Waals surface area contributed by atoms with Crippen LogP contribution in [0.15, 0.2) is 18.2 Å². The molecule has 2 amide bonds. The summed E-state index contributed by atoms with van der Waals surface area (Å²) >= 11 is 0. The summed E-state index contributed by atoms with van der Waals surface area (Å²) in [6.45, 7) is 9.63. The summed E-state index contributed by atoms with van der Waals surface area (Å²) in [6, 6.07) is 5.55. The predicted molar refractivity (Wildman–Crippen MR) is 119 cm³/mol. The summed E-state index contributed by atoms with van der Waals surface area (Å²) in [6.07, 6.45) is 3.41. The van der Waals surface area contributed by atoms with Gasteiger partial charge in [0.1, 0.15) is 0 Å². The number of nitrogens with one attached hydrogen (secondary N) is 2. The molecule has 7 heteroatoms. The zero-order chi connectivity index (χ0) is 22.1. The van der Waals surface area contributed by atoms with Crippen LogP contribution in [-0.2, 0) is 9.59 Å². The fraction of sp³-hybridized carbons (Fsp3) is 0.652. The first-order chi connectivity index (χ1) is 14.3. The topological polar surface area (TPSA) is 79.9 Å². The maximum Gasteiger partial charge on any atom is 0.238 e. The molecule has 0 radical (unpaired) electrons. The van der Waals surface area contributed by atoms with Crippen LogP contribution < -0.4 is 20.1 Å². The van der Waals surface area contributed by atoms with Crippen molar-refractivity contribution in [2.75, 3.05) is 38.7 Å². The van der Waals surface area contributed by atoms with E-state index < -0.39 is 0 Å². The third-order valence-corrected chi connectivity index (χ3v) is 5.71. The second-order valence-corrected chi connectivity index (χ2v) is 8.19. The highest BCUT2D eigenvalue weighted by Gasteiger charge is 2.28. The fourth-order valence-electron chi connectivity index (χ4n) is 3.91. The van der Waals surface area contributed by atoms with E-state index in [2.05, 4.69) is 24.5 Å². The number of hydrogen-bond acceptors (Lipinski definition) is 5.